The topological polar surface area (TPSA) is 58.6 Å². The molecule has 1 aliphatic carbocycles. The molecule has 0 bridgehead atoms. The lowest BCUT2D eigenvalue weighted by Crippen LogP contribution is -2.45. The SMILES string of the molecule is COc1ccc(Cl)cc1C(=O)N1CCC(C(=O)NC(C)C2CC2)CC1. The molecule has 1 aliphatic heterocycles. The van der Waals surface area contributed by atoms with Gasteiger partial charge in [-0.15, -0.1) is 0 Å². The third-order valence-corrected chi connectivity index (χ3v) is 5.48. The molecule has 1 aromatic carbocycles. The van der Waals surface area contributed by atoms with Crippen LogP contribution in [0.25, 0.3) is 0 Å². The summed E-state index contributed by atoms with van der Waals surface area (Å²) < 4.78 is 5.27. The molecule has 1 heterocycles. The van der Waals surface area contributed by atoms with E-state index in [1.165, 1.54) is 20.0 Å². The van der Waals surface area contributed by atoms with E-state index >= 15 is 0 Å². The number of carbonyl (C=O) groups excluding carboxylic acids is 2. The van der Waals surface area contributed by atoms with Crippen molar-refractivity contribution in [1.82, 2.24) is 10.2 Å². The number of likely N-dealkylation sites (tertiary alicyclic amines) is 1. The second-order valence-electron chi connectivity index (χ2n) is 7.05. The minimum absolute atomic E-state index is 0.00786. The van der Waals surface area contributed by atoms with Crippen LogP contribution >= 0.6 is 11.6 Å². The van der Waals surface area contributed by atoms with Gasteiger partial charge in [0.05, 0.1) is 12.7 Å². The number of carbonyl (C=O) groups is 2. The molecule has 5 nitrogen and oxygen atoms in total. The number of hydrogen-bond donors (Lipinski definition) is 1. The quantitative estimate of drug-likeness (QED) is 0.873. The van der Waals surface area contributed by atoms with Gasteiger partial charge in [-0.05, 0) is 56.7 Å². The molecule has 1 atom stereocenters. The zero-order valence-electron chi connectivity index (χ0n) is 14.8. The first kappa shape index (κ1) is 18.1. The van der Waals surface area contributed by atoms with Crippen molar-refractivity contribution in [2.45, 2.75) is 38.6 Å². The number of rotatable bonds is 5. The highest BCUT2D eigenvalue weighted by molar-refractivity contribution is 6.31. The fourth-order valence-corrected chi connectivity index (χ4v) is 3.59. The molecule has 1 saturated carbocycles. The molecule has 1 saturated heterocycles. The fraction of sp³-hybridized carbons (Fsp3) is 0.579. The Kier molecular flexibility index (Phi) is 5.52. The minimum atomic E-state index is -0.0930. The van der Waals surface area contributed by atoms with E-state index in [0.29, 0.717) is 48.2 Å². The Morgan fingerprint density at radius 2 is 1.92 bits per heavy atom. The second-order valence-corrected chi connectivity index (χ2v) is 7.48. The van der Waals surface area contributed by atoms with Crippen molar-refractivity contribution in [3.8, 4) is 5.75 Å². The normalized spacial score (nSPS) is 19.4. The van der Waals surface area contributed by atoms with Crippen molar-refractivity contribution < 1.29 is 14.3 Å². The van der Waals surface area contributed by atoms with E-state index in [9.17, 15) is 9.59 Å². The van der Waals surface area contributed by atoms with Gasteiger partial charge in [0.1, 0.15) is 5.75 Å². The summed E-state index contributed by atoms with van der Waals surface area (Å²) in [4.78, 5) is 26.9. The predicted octanol–water partition coefficient (Wildman–Crippen LogP) is 3.12. The molecule has 25 heavy (non-hydrogen) atoms. The molecule has 0 spiro atoms. The smallest absolute Gasteiger partial charge is 0.257 e. The highest BCUT2D eigenvalue weighted by atomic mass is 35.5. The van der Waals surface area contributed by atoms with E-state index < -0.39 is 0 Å². The van der Waals surface area contributed by atoms with Crippen LogP contribution in [0.4, 0.5) is 0 Å². The zero-order chi connectivity index (χ0) is 18.0. The van der Waals surface area contributed by atoms with Crippen LogP contribution in [-0.4, -0.2) is 43.0 Å². The monoisotopic (exact) mass is 364 g/mol. The van der Waals surface area contributed by atoms with E-state index in [1.807, 2.05) is 0 Å². The maximum Gasteiger partial charge on any atom is 0.257 e. The van der Waals surface area contributed by atoms with Gasteiger partial charge >= 0.3 is 0 Å². The van der Waals surface area contributed by atoms with Crippen LogP contribution in [-0.2, 0) is 4.79 Å². The van der Waals surface area contributed by atoms with Crippen molar-refractivity contribution >= 4 is 23.4 Å². The van der Waals surface area contributed by atoms with Crippen molar-refractivity contribution in [3.63, 3.8) is 0 Å². The molecule has 2 fully saturated rings. The summed E-state index contributed by atoms with van der Waals surface area (Å²) in [6, 6.07) is 5.31. The highest BCUT2D eigenvalue weighted by Crippen LogP contribution is 2.33. The molecule has 136 valence electrons. The van der Waals surface area contributed by atoms with Crippen LogP contribution in [0.5, 0.6) is 5.75 Å². The third kappa shape index (κ3) is 4.27. The average Bonchev–Trinajstić information content (AvgIpc) is 3.46. The first-order chi connectivity index (χ1) is 12.0. The first-order valence-electron chi connectivity index (χ1n) is 8.92. The summed E-state index contributed by atoms with van der Waals surface area (Å²) in [7, 11) is 1.54. The molecule has 2 aliphatic rings. The Hall–Kier alpha value is -1.75. The van der Waals surface area contributed by atoms with E-state index in [4.69, 9.17) is 16.3 Å². The number of methoxy groups -OCH3 is 1. The number of nitrogens with one attached hydrogen (secondary N) is 1. The summed E-state index contributed by atoms with van der Waals surface area (Å²) in [6.45, 7) is 3.23. The van der Waals surface area contributed by atoms with Crippen LogP contribution in [0.2, 0.25) is 5.02 Å². The Labute approximate surface area is 153 Å². The molecule has 2 amide bonds. The minimum Gasteiger partial charge on any atom is -0.496 e. The summed E-state index contributed by atoms with van der Waals surface area (Å²) in [6.07, 6.45) is 3.82. The van der Waals surface area contributed by atoms with Gasteiger partial charge < -0.3 is 15.0 Å². The van der Waals surface area contributed by atoms with Gasteiger partial charge in [0, 0.05) is 30.1 Å². The summed E-state index contributed by atoms with van der Waals surface area (Å²) in [5, 5.41) is 3.64. The Bertz CT molecular complexity index is 652. The van der Waals surface area contributed by atoms with Gasteiger partial charge in [-0.3, -0.25) is 9.59 Å². The first-order valence-corrected chi connectivity index (χ1v) is 9.30. The number of nitrogens with zero attached hydrogens (tertiary/aromatic N) is 1. The number of ether oxygens (including phenoxy) is 1. The number of amides is 2. The van der Waals surface area contributed by atoms with Gasteiger partial charge in [0.2, 0.25) is 5.91 Å². The lowest BCUT2D eigenvalue weighted by Gasteiger charge is -2.32. The fourth-order valence-electron chi connectivity index (χ4n) is 3.42. The van der Waals surface area contributed by atoms with Crippen LogP contribution in [0.15, 0.2) is 18.2 Å². The van der Waals surface area contributed by atoms with Crippen LogP contribution in [0.3, 0.4) is 0 Å². The number of piperidine rings is 1. The summed E-state index contributed by atoms with van der Waals surface area (Å²) in [5.74, 6) is 1.20. The Morgan fingerprint density at radius 3 is 2.52 bits per heavy atom. The molecule has 1 N–H and O–H groups in total. The predicted molar refractivity (Wildman–Crippen MR) is 97.0 cm³/mol. The van der Waals surface area contributed by atoms with Crippen molar-refractivity contribution in [1.29, 1.82) is 0 Å². The third-order valence-electron chi connectivity index (χ3n) is 5.24. The van der Waals surface area contributed by atoms with Crippen molar-refractivity contribution in [2.24, 2.45) is 11.8 Å². The molecular formula is C19H25ClN2O3. The molecule has 3 rings (SSSR count). The van der Waals surface area contributed by atoms with Crippen LogP contribution < -0.4 is 10.1 Å². The standard InChI is InChI=1S/C19H25ClN2O3/c1-12(13-3-4-13)21-18(23)14-7-9-22(10-8-14)19(24)16-11-15(20)5-6-17(16)25-2/h5-6,11-14H,3-4,7-10H2,1-2H3,(H,21,23). The molecule has 1 unspecified atom stereocenters. The van der Waals surface area contributed by atoms with Crippen LogP contribution in [0, 0.1) is 11.8 Å². The van der Waals surface area contributed by atoms with Crippen molar-refractivity contribution in [2.75, 3.05) is 20.2 Å². The van der Waals surface area contributed by atoms with Crippen molar-refractivity contribution in [3.05, 3.63) is 28.8 Å². The summed E-state index contributed by atoms with van der Waals surface area (Å²) >= 11 is 6.02. The molecule has 0 aromatic heterocycles. The van der Waals surface area contributed by atoms with E-state index in [2.05, 4.69) is 12.2 Å². The van der Waals surface area contributed by atoms with E-state index in [-0.39, 0.29) is 23.8 Å². The maximum atomic E-state index is 12.8. The number of hydrogen-bond acceptors (Lipinski definition) is 3. The second kappa shape index (κ2) is 7.65. The van der Waals surface area contributed by atoms with Crippen LogP contribution in [0.1, 0.15) is 43.0 Å². The van der Waals surface area contributed by atoms with Gasteiger partial charge in [0.25, 0.3) is 5.91 Å². The highest BCUT2D eigenvalue weighted by Gasteiger charge is 2.33. The molecule has 6 heteroatoms. The van der Waals surface area contributed by atoms with E-state index in [1.54, 1.807) is 23.1 Å². The largest absolute Gasteiger partial charge is 0.496 e. The molecule has 1 aromatic rings. The zero-order valence-corrected chi connectivity index (χ0v) is 15.5. The maximum absolute atomic E-state index is 12.8. The molecular weight excluding hydrogens is 340 g/mol. The Balaban J connectivity index is 1.57. The average molecular weight is 365 g/mol. The van der Waals surface area contributed by atoms with Gasteiger partial charge in [0.15, 0.2) is 0 Å². The lowest BCUT2D eigenvalue weighted by atomic mass is 9.95. The van der Waals surface area contributed by atoms with Gasteiger partial charge in [-0.1, -0.05) is 11.6 Å². The van der Waals surface area contributed by atoms with E-state index in [0.717, 1.165) is 0 Å². The Morgan fingerprint density at radius 1 is 1.24 bits per heavy atom. The number of benzene rings is 1. The van der Waals surface area contributed by atoms with Gasteiger partial charge in [-0.25, -0.2) is 0 Å². The lowest BCUT2D eigenvalue weighted by molar-refractivity contribution is -0.127. The van der Waals surface area contributed by atoms with Gasteiger partial charge in [-0.2, -0.15) is 0 Å². The molecule has 0 radical (unpaired) electrons. The summed E-state index contributed by atoms with van der Waals surface area (Å²) in [5.41, 5.74) is 0.472. The number of halogens is 1.